The summed E-state index contributed by atoms with van der Waals surface area (Å²) in [5.74, 6) is -0.827. The molecule has 32 heavy (non-hydrogen) atoms. The highest BCUT2D eigenvalue weighted by Crippen LogP contribution is 2.30. The molecule has 0 saturated heterocycles. The summed E-state index contributed by atoms with van der Waals surface area (Å²) in [4.78, 5) is 42.7. The maximum atomic E-state index is 13.1. The minimum atomic E-state index is -4.58. The number of anilines is 1. The smallest absolute Gasteiger partial charge is 0.325 e. The zero-order valence-electron chi connectivity index (χ0n) is 16.3. The number of carbonyl (C=O) groups is 1. The van der Waals surface area contributed by atoms with E-state index in [2.05, 4.69) is 10.3 Å². The number of para-hydroxylation sites is 1. The molecule has 1 amide bonds. The monoisotopic (exact) mass is 440 g/mol. The Morgan fingerprint density at radius 1 is 0.969 bits per heavy atom. The van der Waals surface area contributed by atoms with Crippen molar-refractivity contribution in [2.75, 3.05) is 5.32 Å². The molecule has 2 heterocycles. The van der Waals surface area contributed by atoms with Gasteiger partial charge in [-0.25, -0.2) is 18.9 Å². The molecular formula is C22H15F3N4O3. The van der Waals surface area contributed by atoms with Crippen LogP contribution in [0.5, 0.6) is 0 Å². The van der Waals surface area contributed by atoms with Crippen molar-refractivity contribution < 1.29 is 18.0 Å². The number of carbonyl (C=O) groups excluding carboxylic acids is 1. The number of benzene rings is 2. The Labute approximate surface area is 178 Å². The van der Waals surface area contributed by atoms with Gasteiger partial charge in [0.15, 0.2) is 5.65 Å². The molecule has 7 nitrogen and oxygen atoms in total. The molecule has 4 rings (SSSR count). The van der Waals surface area contributed by atoms with E-state index in [9.17, 15) is 27.6 Å². The summed E-state index contributed by atoms with van der Waals surface area (Å²) in [5, 5.41) is 2.42. The molecular weight excluding hydrogens is 425 g/mol. The third kappa shape index (κ3) is 4.02. The van der Waals surface area contributed by atoms with Crippen LogP contribution < -0.4 is 16.6 Å². The van der Waals surface area contributed by atoms with Gasteiger partial charge in [0.05, 0.1) is 16.6 Å². The first kappa shape index (κ1) is 21.0. The van der Waals surface area contributed by atoms with Crippen LogP contribution in [0.4, 0.5) is 18.9 Å². The summed E-state index contributed by atoms with van der Waals surface area (Å²) >= 11 is 0. The number of amides is 1. The molecule has 0 bridgehead atoms. The van der Waals surface area contributed by atoms with E-state index in [1.165, 1.54) is 29.0 Å². The molecule has 0 saturated carbocycles. The molecule has 10 heteroatoms. The van der Waals surface area contributed by atoms with E-state index in [1.54, 1.807) is 30.3 Å². The second kappa shape index (κ2) is 8.14. The van der Waals surface area contributed by atoms with E-state index in [0.29, 0.717) is 5.69 Å². The number of hydrogen-bond donors (Lipinski definition) is 1. The van der Waals surface area contributed by atoms with Crippen molar-refractivity contribution >= 4 is 22.6 Å². The molecule has 0 atom stereocenters. The molecule has 0 aliphatic rings. The fourth-order valence-corrected chi connectivity index (χ4v) is 3.25. The average molecular weight is 440 g/mol. The van der Waals surface area contributed by atoms with Gasteiger partial charge in [0, 0.05) is 11.9 Å². The molecule has 2 aromatic carbocycles. The Bertz CT molecular complexity index is 1430. The zero-order valence-corrected chi connectivity index (χ0v) is 16.3. The van der Waals surface area contributed by atoms with E-state index in [-0.39, 0.29) is 16.7 Å². The number of alkyl halides is 3. The maximum absolute atomic E-state index is 13.1. The Kier molecular flexibility index (Phi) is 5.35. The fraction of sp³-hybridized carbons (Fsp3) is 0.0909. The van der Waals surface area contributed by atoms with Crippen LogP contribution in [0.1, 0.15) is 5.56 Å². The van der Waals surface area contributed by atoms with Crippen LogP contribution in [0, 0.1) is 0 Å². The molecule has 0 aliphatic carbocycles. The van der Waals surface area contributed by atoms with Crippen LogP contribution in [0.15, 0.2) is 82.5 Å². The van der Waals surface area contributed by atoms with Gasteiger partial charge in [-0.05, 0) is 42.5 Å². The van der Waals surface area contributed by atoms with Crippen LogP contribution in [-0.2, 0) is 17.5 Å². The largest absolute Gasteiger partial charge is 0.416 e. The second-order valence-corrected chi connectivity index (χ2v) is 6.85. The Morgan fingerprint density at radius 3 is 2.44 bits per heavy atom. The summed E-state index contributed by atoms with van der Waals surface area (Å²) in [6, 6.07) is 15.5. The number of hydrogen-bond acceptors (Lipinski definition) is 4. The third-order valence-corrected chi connectivity index (χ3v) is 4.69. The van der Waals surface area contributed by atoms with Gasteiger partial charge in [-0.1, -0.05) is 24.3 Å². The number of nitrogens with one attached hydrogen (secondary N) is 1. The highest BCUT2D eigenvalue weighted by Gasteiger charge is 2.30. The summed E-state index contributed by atoms with van der Waals surface area (Å²) in [6.07, 6.45) is -3.14. The van der Waals surface area contributed by atoms with Crippen molar-refractivity contribution in [3.63, 3.8) is 0 Å². The first-order valence-electron chi connectivity index (χ1n) is 9.39. The first-order valence-corrected chi connectivity index (χ1v) is 9.39. The normalized spacial score (nSPS) is 11.5. The zero-order chi connectivity index (χ0) is 22.9. The van der Waals surface area contributed by atoms with Crippen LogP contribution >= 0.6 is 0 Å². The summed E-state index contributed by atoms with van der Waals surface area (Å²) in [6.45, 7) is -0.689. The summed E-state index contributed by atoms with van der Waals surface area (Å²) in [5.41, 5.74) is -2.01. The van der Waals surface area contributed by atoms with Crippen LogP contribution in [-0.4, -0.2) is 20.0 Å². The van der Waals surface area contributed by atoms with E-state index >= 15 is 0 Å². The lowest BCUT2D eigenvalue weighted by Crippen LogP contribution is -2.42. The maximum Gasteiger partial charge on any atom is 0.416 e. The minimum Gasteiger partial charge on any atom is -0.325 e. The van der Waals surface area contributed by atoms with Crippen molar-refractivity contribution in [3.05, 3.63) is 99.3 Å². The van der Waals surface area contributed by atoms with Crippen LogP contribution in [0.25, 0.3) is 16.7 Å². The third-order valence-electron chi connectivity index (χ3n) is 4.69. The van der Waals surface area contributed by atoms with Crippen LogP contribution in [0.3, 0.4) is 0 Å². The lowest BCUT2D eigenvalue weighted by Gasteiger charge is -2.14. The van der Waals surface area contributed by atoms with Gasteiger partial charge >= 0.3 is 11.9 Å². The summed E-state index contributed by atoms with van der Waals surface area (Å²) in [7, 11) is 0. The highest BCUT2D eigenvalue weighted by atomic mass is 19.4. The standard InChI is InChI=1S/C22H15F3N4O3/c23-22(24,25)14-6-4-7-15(12-14)27-18(30)13-28-20(31)17-10-5-11-26-19(17)29(21(28)32)16-8-2-1-3-9-16/h1-12H,13H2,(H,27,30). The van der Waals surface area contributed by atoms with E-state index in [0.717, 1.165) is 22.8 Å². The Hall–Kier alpha value is -4.21. The quantitative estimate of drug-likeness (QED) is 0.528. The number of rotatable bonds is 4. The SMILES string of the molecule is O=C(Cn1c(=O)c2cccnc2n(-c2ccccc2)c1=O)Nc1cccc(C(F)(F)F)c1. The summed E-state index contributed by atoms with van der Waals surface area (Å²) < 4.78 is 40.6. The van der Waals surface area contributed by atoms with Crippen molar-refractivity contribution in [1.29, 1.82) is 0 Å². The van der Waals surface area contributed by atoms with Crippen molar-refractivity contribution in [2.45, 2.75) is 12.7 Å². The van der Waals surface area contributed by atoms with Gasteiger partial charge in [-0.2, -0.15) is 13.2 Å². The average Bonchev–Trinajstić information content (AvgIpc) is 2.77. The van der Waals surface area contributed by atoms with Gasteiger partial charge < -0.3 is 5.32 Å². The number of aromatic nitrogens is 3. The van der Waals surface area contributed by atoms with Gasteiger partial charge in [0.1, 0.15) is 6.54 Å². The molecule has 0 fully saturated rings. The molecule has 0 spiro atoms. The predicted molar refractivity (Wildman–Crippen MR) is 112 cm³/mol. The van der Waals surface area contributed by atoms with E-state index in [4.69, 9.17) is 0 Å². The van der Waals surface area contributed by atoms with Crippen molar-refractivity contribution in [2.24, 2.45) is 0 Å². The second-order valence-electron chi connectivity index (χ2n) is 6.85. The molecule has 0 radical (unpaired) electrons. The lowest BCUT2D eigenvalue weighted by molar-refractivity contribution is -0.137. The number of halogens is 3. The predicted octanol–water partition coefficient (Wildman–Crippen LogP) is 3.20. The number of nitrogens with zero attached hydrogens (tertiary/aromatic N) is 3. The topological polar surface area (TPSA) is 86.0 Å². The Morgan fingerprint density at radius 2 is 1.72 bits per heavy atom. The van der Waals surface area contributed by atoms with Crippen LogP contribution in [0.2, 0.25) is 0 Å². The fourth-order valence-electron chi connectivity index (χ4n) is 3.25. The van der Waals surface area contributed by atoms with Crippen molar-refractivity contribution in [3.8, 4) is 5.69 Å². The van der Waals surface area contributed by atoms with Crippen molar-refractivity contribution in [1.82, 2.24) is 14.1 Å². The molecule has 0 aliphatic heterocycles. The van der Waals surface area contributed by atoms with Gasteiger partial charge in [-0.15, -0.1) is 0 Å². The van der Waals surface area contributed by atoms with Gasteiger partial charge in [0.2, 0.25) is 5.91 Å². The van der Waals surface area contributed by atoms with Gasteiger partial charge in [-0.3, -0.25) is 9.59 Å². The molecule has 4 aromatic rings. The molecule has 162 valence electrons. The first-order chi connectivity index (χ1) is 15.3. The molecule has 1 N–H and O–H groups in total. The Balaban J connectivity index is 1.75. The number of fused-ring (bicyclic) bond motifs is 1. The minimum absolute atomic E-state index is 0.108. The lowest BCUT2D eigenvalue weighted by atomic mass is 10.2. The number of pyridine rings is 1. The molecule has 0 unspecified atom stereocenters. The highest BCUT2D eigenvalue weighted by molar-refractivity contribution is 5.90. The van der Waals surface area contributed by atoms with Gasteiger partial charge in [0.25, 0.3) is 5.56 Å². The van der Waals surface area contributed by atoms with E-state index < -0.39 is 35.4 Å². The molecule has 2 aromatic heterocycles. The van der Waals surface area contributed by atoms with E-state index in [1.807, 2.05) is 0 Å².